The van der Waals surface area contributed by atoms with Crippen LogP contribution in [0.1, 0.15) is 26.2 Å². The molecule has 6 nitrogen and oxygen atoms in total. The van der Waals surface area contributed by atoms with Crippen LogP contribution in [0.4, 0.5) is 0 Å². The van der Waals surface area contributed by atoms with Crippen molar-refractivity contribution in [3.63, 3.8) is 0 Å². The molecule has 1 aromatic rings. The summed E-state index contributed by atoms with van der Waals surface area (Å²) < 4.78 is 6.71. The zero-order chi connectivity index (χ0) is 13.4. The van der Waals surface area contributed by atoms with Crippen LogP contribution < -0.4 is 16.0 Å². The monoisotopic (exact) mass is 255 g/mol. The van der Waals surface area contributed by atoms with Gasteiger partial charge in [0.05, 0.1) is 6.20 Å². The van der Waals surface area contributed by atoms with Crippen LogP contribution in [0.2, 0.25) is 0 Å². The molecule has 0 spiro atoms. The largest absolute Gasteiger partial charge is 0.490 e. The van der Waals surface area contributed by atoms with Gasteiger partial charge >= 0.3 is 0 Å². The van der Waals surface area contributed by atoms with Crippen molar-refractivity contribution in [2.45, 2.75) is 38.8 Å². The van der Waals surface area contributed by atoms with Crippen molar-refractivity contribution >= 4 is 0 Å². The van der Waals surface area contributed by atoms with E-state index in [4.69, 9.17) is 15.6 Å². The Morgan fingerprint density at radius 2 is 2.28 bits per heavy atom. The van der Waals surface area contributed by atoms with Crippen molar-refractivity contribution in [2.24, 2.45) is 5.73 Å². The number of unbranched alkanes of at least 4 members (excludes halogenated alkanes) is 2. The number of aliphatic hydroxyl groups excluding tert-OH is 1. The van der Waals surface area contributed by atoms with Crippen LogP contribution in [0.15, 0.2) is 17.1 Å². The first-order chi connectivity index (χ1) is 8.63. The summed E-state index contributed by atoms with van der Waals surface area (Å²) in [6, 6.07) is 1.34. The predicted molar refractivity (Wildman–Crippen MR) is 68.6 cm³/mol. The van der Waals surface area contributed by atoms with E-state index in [1.165, 1.54) is 16.9 Å². The summed E-state index contributed by atoms with van der Waals surface area (Å²) >= 11 is 0. The van der Waals surface area contributed by atoms with Crippen LogP contribution in [-0.4, -0.2) is 34.1 Å². The van der Waals surface area contributed by atoms with Gasteiger partial charge in [-0.3, -0.25) is 4.79 Å². The fourth-order valence-electron chi connectivity index (χ4n) is 1.44. The van der Waals surface area contributed by atoms with Gasteiger partial charge in [-0.2, -0.15) is 5.10 Å². The lowest BCUT2D eigenvalue weighted by Crippen LogP contribution is -2.26. The van der Waals surface area contributed by atoms with Crippen LogP contribution in [0.5, 0.6) is 5.75 Å². The number of aromatic nitrogens is 2. The minimum atomic E-state index is -0.179. The lowest BCUT2D eigenvalue weighted by molar-refractivity contribution is 0.280. The molecule has 102 valence electrons. The van der Waals surface area contributed by atoms with Crippen molar-refractivity contribution in [3.05, 3.63) is 22.6 Å². The van der Waals surface area contributed by atoms with Gasteiger partial charge in [-0.25, -0.2) is 4.68 Å². The average molecular weight is 255 g/mol. The van der Waals surface area contributed by atoms with E-state index in [0.29, 0.717) is 18.9 Å². The van der Waals surface area contributed by atoms with Crippen LogP contribution >= 0.6 is 0 Å². The van der Waals surface area contributed by atoms with E-state index < -0.39 is 0 Å². The molecule has 0 saturated heterocycles. The lowest BCUT2D eigenvalue weighted by Gasteiger charge is -2.09. The van der Waals surface area contributed by atoms with E-state index in [9.17, 15) is 4.79 Å². The Hall–Kier alpha value is -1.40. The molecular weight excluding hydrogens is 234 g/mol. The highest BCUT2D eigenvalue weighted by Gasteiger charge is 2.02. The number of hydrogen-bond acceptors (Lipinski definition) is 5. The maximum absolute atomic E-state index is 11.7. The zero-order valence-electron chi connectivity index (χ0n) is 10.7. The molecular formula is C12H21N3O3. The Balaban J connectivity index is 2.49. The van der Waals surface area contributed by atoms with E-state index in [2.05, 4.69) is 5.10 Å². The van der Waals surface area contributed by atoms with Gasteiger partial charge in [-0.1, -0.05) is 0 Å². The van der Waals surface area contributed by atoms with Crippen LogP contribution in [0.25, 0.3) is 0 Å². The van der Waals surface area contributed by atoms with Gasteiger partial charge in [-0.05, 0) is 26.2 Å². The van der Waals surface area contributed by atoms with Crippen molar-refractivity contribution in [1.82, 2.24) is 9.78 Å². The number of nitrogens with two attached hydrogens (primary N) is 1. The number of ether oxygens (including phenoxy) is 1. The smallest absolute Gasteiger partial charge is 0.270 e. The fraction of sp³-hybridized carbons (Fsp3) is 0.667. The first kappa shape index (κ1) is 14.7. The Morgan fingerprint density at radius 3 is 2.89 bits per heavy atom. The SMILES string of the molecule is CC(N)COc1cnn(CCCCCO)c(=O)c1. The molecule has 0 aliphatic heterocycles. The molecule has 18 heavy (non-hydrogen) atoms. The highest BCUT2D eigenvalue weighted by atomic mass is 16.5. The summed E-state index contributed by atoms with van der Waals surface area (Å²) in [6.07, 6.45) is 3.99. The van der Waals surface area contributed by atoms with Crippen molar-refractivity contribution in [3.8, 4) is 5.75 Å². The number of aliphatic hydroxyl groups is 1. The minimum Gasteiger partial charge on any atom is -0.490 e. The quantitative estimate of drug-likeness (QED) is 0.644. The van der Waals surface area contributed by atoms with Crippen molar-refractivity contribution in [1.29, 1.82) is 0 Å². The molecule has 0 bridgehead atoms. The predicted octanol–water partition coefficient (Wildman–Crippen LogP) is 0.132. The third-order valence-corrected chi connectivity index (χ3v) is 2.39. The van der Waals surface area contributed by atoms with Crippen LogP contribution in [0.3, 0.4) is 0 Å². The molecule has 1 rings (SSSR count). The standard InChI is InChI=1S/C12H21N3O3/c1-10(13)9-18-11-7-12(17)15(14-8-11)5-3-2-4-6-16/h7-8,10,16H,2-6,9,13H2,1H3. The second kappa shape index (κ2) is 7.84. The number of rotatable bonds is 8. The molecule has 1 unspecified atom stereocenters. The molecule has 0 aliphatic carbocycles. The maximum atomic E-state index is 11.7. The van der Waals surface area contributed by atoms with Gasteiger partial charge in [0, 0.05) is 25.3 Å². The van der Waals surface area contributed by atoms with E-state index in [-0.39, 0.29) is 18.2 Å². The molecule has 1 atom stereocenters. The van der Waals surface area contributed by atoms with Crippen LogP contribution in [0, 0.1) is 0 Å². The first-order valence-electron chi connectivity index (χ1n) is 6.20. The first-order valence-corrected chi connectivity index (χ1v) is 6.20. The second-order valence-electron chi connectivity index (χ2n) is 4.33. The van der Waals surface area contributed by atoms with E-state index in [1.54, 1.807) is 0 Å². The molecule has 0 fully saturated rings. The second-order valence-corrected chi connectivity index (χ2v) is 4.33. The maximum Gasteiger partial charge on any atom is 0.270 e. The Bertz CT molecular complexity index is 404. The lowest BCUT2D eigenvalue weighted by atomic mass is 10.2. The Morgan fingerprint density at radius 1 is 1.50 bits per heavy atom. The van der Waals surface area contributed by atoms with Gasteiger partial charge in [0.25, 0.3) is 5.56 Å². The molecule has 0 saturated carbocycles. The van der Waals surface area contributed by atoms with Gasteiger partial charge in [-0.15, -0.1) is 0 Å². The number of hydrogen-bond donors (Lipinski definition) is 2. The molecule has 1 heterocycles. The number of nitrogens with zero attached hydrogens (tertiary/aromatic N) is 2. The Kier molecular flexibility index (Phi) is 6.38. The van der Waals surface area contributed by atoms with Gasteiger partial charge in [0.2, 0.25) is 0 Å². The molecule has 0 amide bonds. The summed E-state index contributed by atoms with van der Waals surface area (Å²) in [5, 5.41) is 12.7. The van der Waals surface area contributed by atoms with Gasteiger partial charge in [0.15, 0.2) is 0 Å². The molecule has 1 aromatic heterocycles. The third kappa shape index (κ3) is 5.29. The van der Waals surface area contributed by atoms with Gasteiger partial charge in [0.1, 0.15) is 12.4 Å². The minimum absolute atomic E-state index is 0.0779. The number of aryl methyl sites for hydroxylation is 1. The van der Waals surface area contributed by atoms with E-state index in [0.717, 1.165) is 19.3 Å². The molecule has 6 heteroatoms. The normalized spacial score (nSPS) is 12.4. The topological polar surface area (TPSA) is 90.4 Å². The zero-order valence-corrected chi connectivity index (χ0v) is 10.7. The molecule has 0 aliphatic rings. The summed E-state index contributed by atoms with van der Waals surface area (Å²) in [4.78, 5) is 11.7. The average Bonchev–Trinajstić information content (AvgIpc) is 2.34. The summed E-state index contributed by atoms with van der Waals surface area (Å²) in [7, 11) is 0. The summed E-state index contributed by atoms with van der Waals surface area (Å²) in [6.45, 7) is 2.94. The molecule has 3 N–H and O–H groups in total. The highest BCUT2D eigenvalue weighted by Crippen LogP contribution is 2.04. The summed E-state index contributed by atoms with van der Waals surface area (Å²) in [5.41, 5.74) is 5.37. The molecule has 0 aromatic carbocycles. The Labute approximate surface area is 106 Å². The van der Waals surface area contributed by atoms with E-state index >= 15 is 0 Å². The summed E-state index contributed by atoms with van der Waals surface area (Å²) in [5.74, 6) is 0.448. The van der Waals surface area contributed by atoms with Gasteiger partial charge < -0.3 is 15.6 Å². The van der Waals surface area contributed by atoms with E-state index in [1.807, 2.05) is 6.92 Å². The van der Waals surface area contributed by atoms with Crippen LogP contribution in [-0.2, 0) is 6.54 Å². The highest BCUT2D eigenvalue weighted by molar-refractivity contribution is 5.13. The van der Waals surface area contributed by atoms with Crippen molar-refractivity contribution < 1.29 is 9.84 Å². The third-order valence-electron chi connectivity index (χ3n) is 2.39. The molecule has 0 radical (unpaired) electrons. The fourth-order valence-corrected chi connectivity index (χ4v) is 1.44. The van der Waals surface area contributed by atoms with Crippen molar-refractivity contribution in [2.75, 3.05) is 13.2 Å².